The van der Waals surface area contributed by atoms with E-state index < -0.39 is 17.2 Å². The number of alkyl halides is 1. The number of amides is 1. The van der Waals surface area contributed by atoms with Crippen molar-refractivity contribution in [3.63, 3.8) is 0 Å². The number of hydrogen-bond acceptors (Lipinski definition) is 3. The van der Waals surface area contributed by atoms with Crippen LogP contribution in [0.5, 0.6) is 0 Å². The van der Waals surface area contributed by atoms with Gasteiger partial charge in [-0.15, -0.1) is 11.6 Å². The van der Waals surface area contributed by atoms with Crippen LogP contribution in [0.2, 0.25) is 0 Å². The minimum atomic E-state index is -0.527. The monoisotopic (exact) mass is 275 g/mol. The molecule has 0 aromatic heterocycles. The zero-order valence-corrected chi connectivity index (χ0v) is 12.1. The minimum Gasteiger partial charge on any atom is -0.444 e. The molecular weight excluding hydrogens is 254 g/mol. The van der Waals surface area contributed by atoms with Gasteiger partial charge in [0.25, 0.3) is 0 Å². The highest BCUT2D eigenvalue weighted by Crippen LogP contribution is 2.33. The van der Waals surface area contributed by atoms with Crippen LogP contribution in [0, 0.1) is 0 Å². The lowest BCUT2D eigenvalue weighted by atomic mass is 9.91. The summed E-state index contributed by atoms with van der Waals surface area (Å²) in [7, 11) is 0. The first-order valence-corrected chi connectivity index (χ1v) is 6.89. The summed E-state index contributed by atoms with van der Waals surface area (Å²) in [6.45, 7) is 5.45. The van der Waals surface area contributed by atoms with Crippen LogP contribution in [0.25, 0.3) is 0 Å². The van der Waals surface area contributed by atoms with Gasteiger partial charge in [-0.2, -0.15) is 0 Å². The third kappa shape index (κ3) is 4.84. The van der Waals surface area contributed by atoms with Crippen LogP contribution in [0.4, 0.5) is 4.79 Å². The van der Waals surface area contributed by atoms with Crippen molar-refractivity contribution in [1.29, 1.82) is 0 Å². The Hall–Kier alpha value is -0.770. The van der Waals surface area contributed by atoms with Gasteiger partial charge >= 0.3 is 6.09 Å². The molecule has 4 nitrogen and oxygen atoms in total. The molecule has 1 saturated carbocycles. The van der Waals surface area contributed by atoms with Crippen molar-refractivity contribution >= 4 is 23.5 Å². The van der Waals surface area contributed by atoms with Crippen LogP contribution in [0.1, 0.15) is 52.9 Å². The molecule has 1 rings (SSSR count). The molecule has 0 aromatic rings. The van der Waals surface area contributed by atoms with E-state index in [1.54, 1.807) is 0 Å². The molecule has 1 amide bonds. The fourth-order valence-electron chi connectivity index (χ4n) is 2.34. The van der Waals surface area contributed by atoms with Gasteiger partial charge in [-0.1, -0.05) is 12.8 Å². The standard InChI is InChI=1S/C13H22ClNO3/c1-12(2,3)18-11(17)15-13(6-4-5-7-13)8-10(16)9-14/h4-9H2,1-3H3,(H,15,17). The van der Waals surface area contributed by atoms with E-state index in [-0.39, 0.29) is 11.7 Å². The van der Waals surface area contributed by atoms with Crippen LogP contribution < -0.4 is 5.32 Å². The minimum absolute atomic E-state index is 0.00223. The highest BCUT2D eigenvalue weighted by molar-refractivity contribution is 6.27. The second-order valence-electron chi connectivity index (χ2n) is 5.96. The van der Waals surface area contributed by atoms with Gasteiger partial charge in [0.2, 0.25) is 0 Å². The Labute approximate surface area is 113 Å². The van der Waals surface area contributed by atoms with Gasteiger partial charge in [0.05, 0.1) is 11.4 Å². The fraction of sp³-hybridized carbons (Fsp3) is 0.846. The second kappa shape index (κ2) is 5.91. The van der Waals surface area contributed by atoms with E-state index in [1.807, 2.05) is 20.8 Å². The number of ketones is 1. The normalized spacial score (nSPS) is 18.4. The summed E-state index contributed by atoms with van der Waals surface area (Å²) in [5, 5.41) is 2.87. The Morgan fingerprint density at radius 3 is 2.28 bits per heavy atom. The molecule has 0 unspecified atom stereocenters. The van der Waals surface area contributed by atoms with E-state index in [0.717, 1.165) is 25.7 Å². The smallest absolute Gasteiger partial charge is 0.408 e. The van der Waals surface area contributed by atoms with E-state index in [0.29, 0.717) is 6.42 Å². The molecule has 1 N–H and O–H groups in total. The van der Waals surface area contributed by atoms with E-state index >= 15 is 0 Å². The maximum atomic E-state index is 11.8. The van der Waals surface area contributed by atoms with Crippen LogP contribution in [-0.2, 0) is 9.53 Å². The van der Waals surface area contributed by atoms with Gasteiger partial charge in [-0.05, 0) is 33.6 Å². The van der Waals surface area contributed by atoms with E-state index in [2.05, 4.69) is 5.32 Å². The highest BCUT2D eigenvalue weighted by atomic mass is 35.5. The first-order valence-electron chi connectivity index (χ1n) is 6.35. The topological polar surface area (TPSA) is 55.4 Å². The molecular formula is C13H22ClNO3. The summed E-state index contributed by atoms with van der Waals surface area (Å²) in [5.74, 6) is -0.0350. The summed E-state index contributed by atoms with van der Waals surface area (Å²) >= 11 is 5.54. The molecule has 0 aromatic carbocycles. The van der Waals surface area contributed by atoms with Crippen molar-refractivity contribution in [2.24, 2.45) is 0 Å². The van der Waals surface area contributed by atoms with Crippen LogP contribution in [0.15, 0.2) is 0 Å². The number of halogens is 1. The number of carbonyl (C=O) groups excluding carboxylic acids is 2. The molecule has 0 bridgehead atoms. The summed E-state index contributed by atoms with van der Waals surface area (Å²) in [4.78, 5) is 23.3. The SMILES string of the molecule is CC(C)(C)OC(=O)NC1(CC(=O)CCl)CCCC1. The predicted octanol–water partition coefficient (Wildman–Crippen LogP) is 3.02. The Morgan fingerprint density at radius 1 is 1.28 bits per heavy atom. The molecule has 0 radical (unpaired) electrons. The number of hydrogen-bond donors (Lipinski definition) is 1. The lowest BCUT2D eigenvalue weighted by Gasteiger charge is -2.31. The maximum absolute atomic E-state index is 11.8. The number of ether oxygens (including phenoxy) is 1. The molecule has 0 heterocycles. The molecule has 0 aliphatic heterocycles. The second-order valence-corrected chi connectivity index (χ2v) is 6.23. The van der Waals surface area contributed by atoms with Gasteiger partial charge in [-0.3, -0.25) is 4.79 Å². The number of nitrogens with one attached hydrogen (secondary N) is 1. The van der Waals surface area contributed by atoms with Gasteiger partial charge in [-0.25, -0.2) is 4.79 Å². The third-order valence-corrected chi connectivity index (χ3v) is 3.31. The molecule has 1 fully saturated rings. The quantitative estimate of drug-likeness (QED) is 0.803. The number of carbonyl (C=O) groups is 2. The largest absolute Gasteiger partial charge is 0.444 e. The first kappa shape index (κ1) is 15.3. The lowest BCUT2D eigenvalue weighted by molar-refractivity contribution is -0.118. The molecule has 0 saturated heterocycles. The molecule has 18 heavy (non-hydrogen) atoms. The summed E-state index contributed by atoms with van der Waals surface area (Å²) < 4.78 is 5.25. The van der Waals surface area contributed by atoms with Crippen LogP contribution >= 0.6 is 11.6 Å². The maximum Gasteiger partial charge on any atom is 0.408 e. The average molecular weight is 276 g/mol. The summed E-state index contributed by atoms with van der Waals surface area (Å²) in [6, 6.07) is 0. The fourth-order valence-corrected chi connectivity index (χ4v) is 2.44. The van der Waals surface area contributed by atoms with Crippen molar-refractivity contribution in [1.82, 2.24) is 5.32 Å². The van der Waals surface area contributed by atoms with Gasteiger partial charge in [0, 0.05) is 6.42 Å². The first-order chi connectivity index (χ1) is 8.26. The van der Waals surface area contributed by atoms with Crippen LogP contribution in [-0.4, -0.2) is 28.9 Å². The number of Topliss-reactive ketones (excluding diaryl/α,β-unsaturated/α-hetero) is 1. The molecule has 5 heteroatoms. The Balaban J connectivity index is 2.63. The lowest BCUT2D eigenvalue weighted by Crippen LogP contribution is -2.49. The Kier molecular flexibility index (Phi) is 5.02. The van der Waals surface area contributed by atoms with Gasteiger partial charge in [0.1, 0.15) is 11.4 Å². The summed E-state index contributed by atoms with van der Waals surface area (Å²) in [6.07, 6.45) is 3.52. The zero-order chi connectivity index (χ0) is 13.8. The van der Waals surface area contributed by atoms with E-state index in [9.17, 15) is 9.59 Å². The van der Waals surface area contributed by atoms with Crippen molar-refractivity contribution < 1.29 is 14.3 Å². The predicted molar refractivity (Wildman–Crippen MR) is 70.9 cm³/mol. The van der Waals surface area contributed by atoms with Gasteiger partial charge in [0.15, 0.2) is 0 Å². The van der Waals surface area contributed by atoms with Crippen LogP contribution in [0.3, 0.4) is 0 Å². The average Bonchev–Trinajstić information content (AvgIpc) is 2.62. The molecule has 1 aliphatic rings. The van der Waals surface area contributed by atoms with Crippen molar-refractivity contribution in [3.05, 3.63) is 0 Å². The van der Waals surface area contributed by atoms with Crippen molar-refractivity contribution in [3.8, 4) is 0 Å². The van der Waals surface area contributed by atoms with E-state index in [1.165, 1.54) is 0 Å². The third-order valence-electron chi connectivity index (χ3n) is 3.01. The van der Waals surface area contributed by atoms with Gasteiger partial charge < -0.3 is 10.1 Å². The van der Waals surface area contributed by atoms with Crippen molar-refractivity contribution in [2.45, 2.75) is 64.0 Å². The summed E-state index contributed by atoms with van der Waals surface area (Å²) in [5.41, 5.74) is -0.978. The number of rotatable bonds is 4. The van der Waals surface area contributed by atoms with E-state index in [4.69, 9.17) is 16.3 Å². The Bertz CT molecular complexity index is 317. The molecule has 1 aliphatic carbocycles. The molecule has 0 spiro atoms. The zero-order valence-electron chi connectivity index (χ0n) is 11.3. The molecule has 0 atom stereocenters. The Morgan fingerprint density at radius 2 is 1.83 bits per heavy atom. The van der Waals surface area contributed by atoms with Crippen molar-refractivity contribution in [2.75, 3.05) is 5.88 Å². The highest BCUT2D eigenvalue weighted by Gasteiger charge is 2.38. The number of alkyl carbamates (subject to hydrolysis) is 1. The molecule has 104 valence electrons.